The smallest absolute Gasteiger partial charge is 0.269 e. The Hall–Kier alpha value is -3.93. The highest BCUT2D eigenvalue weighted by Crippen LogP contribution is 2.44. The van der Waals surface area contributed by atoms with Crippen molar-refractivity contribution < 1.29 is 24.4 Å². The maximum absolute atomic E-state index is 13.2. The van der Waals surface area contributed by atoms with E-state index in [1.165, 1.54) is 56.4 Å². The first-order chi connectivity index (χ1) is 17.3. The van der Waals surface area contributed by atoms with Crippen LogP contribution in [0.3, 0.4) is 0 Å². The lowest BCUT2D eigenvalue weighted by molar-refractivity contribution is -0.384. The number of Topliss-reactive ketones (excluding diaryl/α,β-unsaturated/α-hetero) is 2. The zero-order valence-corrected chi connectivity index (χ0v) is 20.4. The largest absolute Gasteiger partial charge is 0.504 e. The summed E-state index contributed by atoms with van der Waals surface area (Å²) < 4.78 is 5.45. The molecule has 3 rings (SSSR count). The van der Waals surface area contributed by atoms with Gasteiger partial charge >= 0.3 is 0 Å². The third kappa shape index (κ3) is 5.65. The first-order valence-corrected chi connectivity index (χ1v) is 12.4. The fourth-order valence-corrected chi connectivity index (χ4v) is 4.64. The van der Waals surface area contributed by atoms with Crippen LogP contribution >= 0.6 is 0 Å². The molecule has 0 amide bonds. The summed E-state index contributed by atoms with van der Waals surface area (Å²) in [7, 11) is 0. The summed E-state index contributed by atoms with van der Waals surface area (Å²) in [4.78, 5) is 36.9. The number of hydrogen-bond donors (Lipinski definition) is 2. The summed E-state index contributed by atoms with van der Waals surface area (Å²) in [6.45, 7) is 2.18. The number of rotatable bonds is 12. The summed E-state index contributed by atoms with van der Waals surface area (Å²) in [5, 5.41) is 31.4. The van der Waals surface area contributed by atoms with Crippen molar-refractivity contribution in [1.82, 2.24) is 0 Å². The van der Waals surface area contributed by atoms with Gasteiger partial charge in [-0.25, -0.2) is 0 Å². The fraction of sp³-hybridized carbons (Fsp3) is 0.444. The molecule has 1 aromatic rings. The quantitative estimate of drug-likeness (QED) is 0.166. The normalized spacial score (nSPS) is 17.7. The van der Waals surface area contributed by atoms with Gasteiger partial charge in [0.1, 0.15) is 11.6 Å². The molecule has 2 aliphatic rings. The standard InChI is InChI=1S/C27H31N3O6/c1-2-3-4-5-6-7-8-9-10-11-19-23(31)25(33)22-21(17-12-14-18(15-13-17)30(34)35)20(16-28)27(29)36-26(22)24(19)32/h12-15,21,31H,2-11,29H2,1H3. The molecule has 9 heteroatoms. The molecule has 1 aromatic carbocycles. The lowest BCUT2D eigenvalue weighted by Crippen LogP contribution is -2.33. The molecule has 0 saturated carbocycles. The van der Waals surface area contributed by atoms with Gasteiger partial charge in [0.15, 0.2) is 11.5 Å². The van der Waals surface area contributed by atoms with Gasteiger partial charge in [-0.15, -0.1) is 0 Å². The van der Waals surface area contributed by atoms with Crippen molar-refractivity contribution in [3.63, 3.8) is 0 Å². The Kier molecular flexibility index (Phi) is 9.01. The van der Waals surface area contributed by atoms with E-state index in [1.807, 2.05) is 6.07 Å². The highest BCUT2D eigenvalue weighted by molar-refractivity contribution is 6.24. The number of non-ortho nitro benzene ring substituents is 1. The van der Waals surface area contributed by atoms with Crippen LogP contribution < -0.4 is 5.73 Å². The van der Waals surface area contributed by atoms with Crippen LogP contribution in [0.1, 0.15) is 82.6 Å². The number of allylic oxidation sites excluding steroid dienone is 3. The van der Waals surface area contributed by atoms with Gasteiger partial charge in [0, 0.05) is 17.7 Å². The number of benzene rings is 1. The Morgan fingerprint density at radius 3 is 2.17 bits per heavy atom. The van der Waals surface area contributed by atoms with Crippen molar-refractivity contribution in [3.05, 3.63) is 74.1 Å². The van der Waals surface area contributed by atoms with Gasteiger partial charge in [-0.1, -0.05) is 70.4 Å². The lowest BCUT2D eigenvalue weighted by atomic mass is 9.76. The molecule has 1 aliphatic carbocycles. The van der Waals surface area contributed by atoms with Crippen LogP contribution in [0.25, 0.3) is 0 Å². The van der Waals surface area contributed by atoms with Gasteiger partial charge in [0.05, 0.1) is 16.4 Å². The summed E-state index contributed by atoms with van der Waals surface area (Å²) in [6, 6.07) is 7.15. The summed E-state index contributed by atoms with van der Waals surface area (Å²) in [5.41, 5.74) is 5.79. The minimum atomic E-state index is -1.09. The van der Waals surface area contributed by atoms with Crippen LogP contribution in [0.2, 0.25) is 0 Å². The van der Waals surface area contributed by atoms with E-state index in [0.29, 0.717) is 12.0 Å². The number of carbonyl (C=O) groups excluding carboxylic acids is 2. The molecule has 36 heavy (non-hydrogen) atoms. The highest BCUT2D eigenvalue weighted by Gasteiger charge is 2.45. The number of ketones is 2. The average Bonchev–Trinajstić information content (AvgIpc) is 2.87. The molecular formula is C27H31N3O6. The number of nitro benzene ring substituents is 1. The molecule has 1 atom stereocenters. The van der Waals surface area contributed by atoms with Crippen molar-refractivity contribution in [1.29, 1.82) is 5.26 Å². The highest BCUT2D eigenvalue weighted by atomic mass is 16.6. The van der Waals surface area contributed by atoms with E-state index in [0.717, 1.165) is 19.3 Å². The minimum Gasteiger partial charge on any atom is -0.504 e. The Balaban J connectivity index is 1.76. The Bertz CT molecular complexity index is 1170. The maximum Gasteiger partial charge on any atom is 0.269 e. The molecule has 1 aliphatic heterocycles. The van der Waals surface area contributed by atoms with Crippen LogP contribution in [-0.4, -0.2) is 21.6 Å². The topological polar surface area (TPSA) is 157 Å². The number of carbonyl (C=O) groups is 2. The second-order valence-corrected chi connectivity index (χ2v) is 9.08. The van der Waals surface area contributed by atoms with Gasteiger partial charge < -0.3 is 15.6 Å². The molecular weight excluding hydrogens is 462 g/mol. The second-order valence-electron chi connectivity index (χ2n) is 9.08. The molecule has 9 nitrogen and oxygen atoms in total. The van der Waals surface area contributed by atoms with Crippen molar-refractivity contribution in [2.24, 2.45) is 5.73 Å². The molecule has 1 unspecified atom stereocenters. The number of unbranched alkanes of at least 4 members (excludes halogenated alkanes) is 8. The average molecular weight is 494 g/mol. The molecule has 190 valence electrons. The van der Waals surface area contributed by atoms with Gasteiger partial charge in [-0.2, -0.15) is 5.26 Å². The zero-order valence-electron chi connectivity index (χ0n) is 20.4. The molecule has 0 aromatic heterocycles. The number of aliphatic hydroxyl groups is 1. The molecule has 0 spiro atoms. The molecule has 0 saturated heterocycles. The molecule has 0 fully saturated rings. The van der Waals surface area contributed by atoms with Crippen LogP contribution in [0.4, 0.5) is 5.69 Å². The third-order valence-corrected chi connectivity index (χ3v) is 6.61. The Morgan fingerprint density at radius 1 is 1.03 bits per heavy atom. The van der Waals surface area contributed by atoms with Gasteiger partial charge in [0.25, 0.3) is 5.69 Å². The van der Waals surface area contributed by atoms with Crippen LogP contribution in [0.5, 0.6) is 0 Å². The molecule has 1 heterocycles. The number of nitrogens with zero attached hydrogens (tertiary/aromatic N) is 2. The Morgan fingerprint density at radius 2 is 1.61 bits per heavy atom. The fourth-order valence-electron chi connectivity index (χ4n) is 4.64. The van der Waals surface area contributed by atoms with Crippen molar-refractivity contribution in [2.75, 3.05) is 0 Å². The van der Waals surface area contributed by atoms with E-state index < -0.39 is 28.2 Å². The predicted molar refractivity (Wildman–Crippen MR) is 132 cm³/mol. The van der Waals surface area contributed by atoms with Gasteiger partial charge in [-0.05, 0) is 18.4 Å². The molecule has 0 radical (unpaired) electrons. The van der Waals surface area contributed by atoms with Gasteiger partial charge in [-0.3, -0.25) is 19.7 Å². The first kappa shape index (κ1) is 26.7. The number of ether oxygens (including phenoxy) is 1. The SMILES string of the molecule is CCCCCCCCCCCC1=C(O)C(=O)C2=C(OC(N)=C(C#N)C2c2ccc([N+](=O)[O-])cc2)C1=O. The number of hydrogen-bond acceptors (Lipinski definition) is 8. The van der Waals surface area contributed by atoms with Gasteiger partial charge in [0.2, 0.25) is 17.4 Å². The first-order valence-electron chi connectivity index (χ1n) is 12.4. The predicted octanol–water partition coefficient (Wildman–Crippen LogP) is 5.54. The van der Waals surface area contributed by atoms with E-state index in [4.69, 9.17) is 10.5 Å². The second kappa shape index (κ2) is 12.2. The van der Waals surface area contributed by atoms with Crippen LogP contribution in [0, 0.1) is 21.4 Å². The van der Waals surface area contributed by atoms with E-state index in [1.54, 1.807) is 0 Å². The maximum atomic E-state index is 13.2. The molecule has 3 N–H and O–H groups in total. The van der Waals surface area contributed by atoms with E-state index in [-0.39, 0.29) is 40.5 Å². The van der Waals surface area contributed by atoms with Crippen molar-refractivity contribution in [2.45, 2.75) is 77.0 Å². The van der Waals surface area contributed by atoms with Crippen LogP contribution in [-0.2, 0) is 14.3 Å². The summed E-state index contributed by atoms with van der Waals surface area (Å²) in [6.07, 6.45) is 9.95. The summed E-state index contributed by atoms with van der Waals surface area (Å²) in [5.74, 6) is -3.79. The molecule has 0 bridgehead atoms. The lowest BCUT2D eigenvalue weighted by Gasteiger charge is -2.30. The Labute approximate surface area is 210 Å². The van der Waals surface area contributed by atoms with E-state index in [9.17, 15) is 30.1 Å². The number of nitriles is 1. The van der Waals surface area contributed by atoms with Crippen molar-refractivity contribution in [3.8, 4) is 6.07 Å². The zero-order chi connectivity index (χ0) is 26.2. The van der Waals surface area contributed by atoms with Crippen molar-refractivity contribution >= 4 is 17.3 Å². The van der Waals surface area contributed by atoms with E-state index in [2.05, 4.69) is 6.92 Å². The minimum absolute atomic E-state index is 0.0163. The number of nitro groups is 1. The van der Waals surface area contributed by atoms with E-state index >= 15 is 0 Å². The third-order valence-electron chi connectivity index (χ3n) is 6.61. The number of nitrogens with two attached hydrogens (primary N) is 1. The number of aliphatic hydroxyl groups excluding tert-OH is 1. The monoisotopic (exact) mass is 493 g/mol. The van der Waals surface area contributed by atoms with Crippen LogP contribution in [0.15, 0.2) is 58.4 Å². The summed E-state index contributed by atoms with van der Waals surface area (Å²) >= 11 is 0.